The van der Waals surface area contributed by atoms with E-state index < -0.39 is 23.4 Å². The Morgan fingerprint density at radius 1 is 1.31 bits per heavy atom. The van der Waals surface area contributed by atoms with Crippen LogP contribution in [-0.2, 0) is 4.79 Å². The Hall–Kier alpha value is -2.70. The van der Waals surface area contributed by atoms with E-state index in [-0.39, 0.29) is 19.4 Å². The molecule has 0 unspecified atom stereocenters. The maximum atomic E-state index is 14.3. The third-order valence-electron chi connectivity index (χ3n) is 4.15. The first-order valence-corrected chi connectivity index (χ1v) is 8.57. The van der Waals surface area contributed by atoms with Crippen molar-refractivity contribution in [3.63, 3.8) is 0 Å². The third kappa shape index (κ3) is 4.68. The number of halogens is 2. The standard InChI is InChI=1S/C19H20F2N2O3/c20-15-9-13(10-16(21)18(15)26-8-2-4-17(24)25)14-3-1-7-22-19(14)23-11-12-5-6-12/h1,3,7,9-10,12H,2,4-6,8,11H2,(H,22,23)(H,24,25). The highest BCUT2D eigenvalue weighted by atomic mass is 19.1. The van der Waals surface area contributed by atoms with Crippen LogP contribution in [0.1, 0.15) is 25.7 Å². The second-order valence-electron chi connectivity index (χ2n) is 6.34. The van der Waals surface area contributed by atoms with Gasteiger partial charge in [-0.15, -0.1) is 0 Å². The van der Waals surface area contributed by atoms with Crippen molar-refractivity contribution < 1.29 is 23.4 Å². The fraction of sp³-hybridized carbons (Fsp3) is 0.368. The summed E-state index contributed by atoms with van der Waals surface area (Å²) in [7, 11) is 0. The Labute approximate surface area is 150 Å². The molecule has 0 bridgehead atoms. The number of benzene rings is 1. The smallest absolute Gasteiger partial charge is 0.303 e. The first kappa shape index (κ1) is 18.1. The monoisotopic (exact) mass is 362 g/mol. The molecule has 1 saturated carbocycles. The summed E-state index contributed by atoms with van der Waals surface area (Å²) in [6, 6.07) is 5.87. The molecule has 1 aliphatic carbocycles. The molecule has 1 heterocycles. The summed E-state index contributed by atoms with van der Waals surface area (Å²) in [5.74, 6) is -1.89. The van der Waals surface area contributed by atoms with Crippen molar-refractivity contribution in [2.24, 2.45) is 5.92 Å². The molecule has 7 heteroatoms. The van der Waals surface area contributed by atoms with Crippen LogP contribution >= 0.6 is 0 Å². The number of aliphatic carboxylic acids is 1. The Bertz CT molecular complexity index is 771. The lowest BCUT2D eigenvalue weighted by Gasteiger charge is -2.13. The highest BCUT2D eigenvalue weighted by Crippen LogP contribution is 2.34. The van der Waals surface area contributed by atoms with Gasteiger partial charge < -0.3 is 15.2 Å². The van der Waals surface area contributed by atoms with Crippen LogP contribution in [0.3, 0.4) is 0 Å². The number of carbonyl (C=O) groups is 1. The van der Waals surface area contributed by atoms with Gasteiger partial charge in [-0.2, -0.15) is 0 Å². The van der Waals surface area contributed by atoms with Gasteiger partial charge in [0.05, 0.1) is 6.61 Å². The lowest BCUT2D eigenvalue weighted by molar-refractivity contribution is -0.137. The molecule has 1 aliphatic rings. The lowest BCUT2D eigenvalue weighted by atomic mass is 10.1. The molecule has 0 amide bonds. The number of rotatable bonds is 9. The SMILES string of the molecule is O=C(O)CCCOc1c(F)cc(-c2cccnc2NCC2CC2)cc1F. The fourth-order valence-corrected chi connectivity index (χ4v) is 2.59. The Morgan fingerprint density at radius 3 is 2.69 bits per heavy atom. The van der Waals surface area contributed by atoms with Gasteiger partial charge in [-0.25, -0.2) is 13.8 Å². The number of pyridine rings is 1. The van der Waals surface area contributed by atoms with Gasteiger partial charge in [-0.1, -0.05) is 0 Å². The summed E-state index contributed by atoms with van der Waals surface area (Å²) in [6.45, 7) is 0.723. The zero-order valence-electron chi connectivity index (χ0n) is 14.2. The predicted octanol–water partition coefficient (Wildman–Crippen LogP) is 4.09. The van der Waals surface area contributed by atoms with Gasteiger partial charge >= 0.3 is 5.97 Å². The molecule has 1 aromatic carbocycles. The molecule has 26 heavy (non-hydrogen) atoms. The van der Waals surface area contributed by atoms with E-state index in [2.05, 4.69) is 10.3 Å². The summed E-state index contributed by atoms with van der Waals surface area (Å²) in [5, 5.41) is 11.8. The fourth-order valence-electron chi connectivity index (χ4n) is 2.59. The number of carboxylic acids is 1. The van der Waals surface area contributed by atoms with Gasteiger partial charge in [0.15, 0.2) is 17.4 Å². The maximum absolute atomic E-state index is 14.3. The first-order valence-electron chi connectivity index (χ1n) is 8.57. The van der Waals surface area contributed by atoms with E-state index in [9.17, 15) is 13.6 Å². The molecule has 1 aromatic heterocycles. The van der Waals surface area contributed by atoms with Crippen LogP contribution in [-0.4, -0.2) is 29.2 Å². The minimum atomic E-state index is -0.979. The zero-order chi connectivity index (χ0) is 18.5. The van der Waals surface area contributed by atoms with Gasteiger partial charge in [-0.3, -0.25) is 4.79 Å². The largest absolute Gasteiger partial charge is 0.488 e. The molecular weight excluding hydrogens is 342 g/mol. The number of nitrogens with zero attached hydrogens (tertiary/aromatic N) is 1. The topological polar surface area (TPSA) is 71.5 Å². The number of nitrogens with one attached hydrogen (secondary N) is 1. The van der Waals surface area contributed by atoms with Crippen LogP contribution in [0.4, 0.5) is 14.6 Å². The van der Waals surface area contributed by atoms with E-state index in [1.165, 1.54) is 25.0 Å². The molecule has 5 nitrogen and oxygen atoms in total. The average molecular weight is 362 g/mol. The van der Waals surface area contributed by atoms with Crippen LogP contribution in [0.5, 0.6) is 5.75 Å². The normalized spacial score (nSPS) is 13.5. The molecule has 0 atom stereocenters. The molecule has 0 spiro atoms. The van der Waals surface area contributed by atoms with E-state index >= 15 is 0 Å². The summed E-state index contributed by atoms with van der Waals surface area (Å²) in [6.07, 6.45) is 4.06. The number of anilines is 1. The Morgan fingerprint density at radius 2 is 2.04 bits per heavy atom. The minimum Gasteiger partial charge on any atom is -0.488 e. The molecule has 3 rings (SSSR count). The summed E-state index contributed by atoms with van der Waals surface area (Å²) in [5.41, 5.74) is 0.979. The van der Waals surface area contributed by atoms with Gasteiger partial charge in [0.1, 0.15) is 5.82 Å². The molecule has 0 aliphatic heterocycles. The molecule has 138 valence electrons. The number of hydrogen-bond acceptors (Lipinski definition) is 4. The molecule has 2 aromatic rings. The summed E-state index contributed by atoms with van der Waals surface area (Å²) >= 11 is 0. The van der Waals surface area contributed by atoms with Crippen molar-refractivity contribution >= 4 is 11.8 Å². The Balaban J connectivity index is 1.75. The van der Waals surface area contributed by atoms with E-state index in [0.717, 1.165) is 6.54 Å². The van der Waals surface area contributed by atoms with Crippen molar-refractivity contribution in [1.82, 2.24) is 4.98 Å². The van der Waals surface area contributed by atoms with Crippen molar-refractivity contribution in [3.8, 4) is 16.9 Å². The van der Waals surface area contributed by atoms with Crippen LogP contribution in [0, 0.1) is 17.6 Å². The molecule has 0 radical (unpaired) electrons. The zero-order valence-corrected chi connectivity index (χ0v) is 14.2. The number of aromatic nitrogens is 1. The first-order chi connectivity index (χ1) is 12.5. The number of carboxylic acid groups (broad SMARTS) is 1. The van der Waals surface area contributed by atoms with Crippen molar-refractivity contribution in [2.75, 3.05) is 18.5 Å². The Kier molecular flexibility index (Phi) is 5.65. The number of ether oxygens (including phenoxy) is 1. The minimum absolute atomic E-state index is 0.0689. The highest BCUT2D eigenvalue weighted by molar-refractivity contribution is 5.75. The summed E-state index contributed by atoms with van der Waals surface area (Å²) in [4.78, 5) is 14.7. The molecule has 1 fully saturated rings. The molecule has 0 saturated heterocycles. The average Bonchev–Trinajstić information content (AvgIpc) is 3.43. The van der Waals surface area contributed by atoms with E-state index in [4.69, 9.17) is 9.84 Å². The molecular formula is C19H20F2N2O3. The van der Waals surface area contributed by atoms with Crippen LogP contribution in [0.2, 0.25) is 0 Å². The van der Waals surface area contributed by atoms with Gasteiger partial charge in [0, 0.05) is 24.7 Å². The van der Waals surface area contributed by atoms with Crippen LogP contribution in [0.15, 0.2) is 30.5 Å². The second-order valence-corrected chi connectivity index (χ2v) is 6.34. The van der Waals surface area contributed by atoms with Gasteiger partial charge in [0.25, 0.3) is 0 Å². The molecule has 2 N–H and O–H groups in total. The van der Waals surface area contributed by atoms with Crippen molar-refractivity contribution in [3.05, 3.63) is 42.1 Å². The van der Waals surface area contributed by atoms with Gasteiger partial charge in [0.2, 0.25) is 0 Å². The second kappa shape index (κ2) is 8.12. The maximum Gasteiger partial charge on any atom is 0.303 e. The lowest BCUT2D eigenvalue weighted by Crippen LogP contribution is -2.07. The van der Waals surface area contributed by atoms with E-state index in [1.54, 1.807) is 18.3 Å². The predicted molar refractivity (Wildman–Crippen MR) is 93.2 cm³/mol. The van der Waals surface area contributed by atoms with E-state index in [1.807, 2.05) is 0 Å². The summed E-state index contributed by atoms with van der Waals surface area (Å²) < 4.78 is 33.7. The number of hydrogen-bond donors (Lipinski definition) is 2. The van der Waals surface area contributed by atoms with Crippen LogP contribution < -0.4 is 10.1 Å². The van der Waals surface area contributed by atoms with Crippen molar-refractivity contribution in [2.45, 2.75) is 25.7 Å². The third-order valence-corrected chi connectivity index (χ3v) is 4.15. The quantitative estimate of drug-likeness (QED) is 0.658. The highest BCUT2D eigenvalue weighted by Gasteiger charge is 2.22. The van der Waals surface area contributed by atoms with Gasteiger partial charge in [-0.05, 0) is 55.0 Å². The van der Waals surface area contributed by atoms with Crippen LogP contribution in [0.25, 0.3) is 11.1 Å². The van der Waals surface area contributed by atoms with E-state index in [0.29, 0.717) is 22.9 Å². The van der Waals surface area contributed by atoms with Crippen molar-refractivity contribution in [1.29, 1.82) is 0 Å².